The van der Waals surface area contributed by atoms with Gasteiger partial charge in [0, 0.05) is 29.3 Å². The van der Waals surface area contributed by atoms with Gasteiger partial charge in [-0.25, -0.2) is 0 Å². The van der Waals surface area contributed by atoms with Gasteiger partial charge in [-0.15, -0.1) is 0 Å². The van der Waals surface area contributed by atoms with E-state index in [0.717, 1.165) is 22.3 Å². The topological polar surface area (TPSA) is 130 Å². The van der Waals surface area contributed by atoms with E-state index in [9.17, 15) is 20.3 Å². The molecule has 5 rings (SSSR count). The fourth-order valence-corrected chi connectivity index (χ4v) is 4.86. The van der Waals surface area contributed by atoms with Crippen molar-refractivity contribution in [1.82, 2.24) is 5.32 Å². The Hall–Kier alpha value is -4.75. The number of carbonyl (C=O) groups is 1. The highest BCUT2D eigenvalue weighted by Crippen LogP contribution is 2.38. The third-order valence-corrected chi connectivity index (χ3v) is 7.72. The lowest BCUT2D eigenvalue weighted by atomic mass is 10.0. The second kappa shape index (κ2) is 13.7. The zero-order chi connectivity index (χ0) is 31.1. The maximum atomic E-state index is 11.7. The Morgan fingerprint density at radius 2 is 1.77 bits per heavy atom. The van der Waals surface area contributed by atoms with E-state index in [4.69, 9.17) is 30.5 Å². The van der Waals surface area contributed by atoms with Gasteiger partial charge in [0.2, 0.25) is 0 Å². The van der Waals surface area contributed by atoms with Gasteiger partial charge >= 0.3 is 5.97 Å². The summed E-state index contributed by atoms with van der Waals surface area (Å²) in [6, 6.07) is 25.9. The number of benzene rings is 4. The highest BCUT2D eigenvalue weighted by atomic mass is 35.5. The molecule has 4 aromatic carbocycles. The minimum absolute atomic E-state index is 0.112. The van der Waals surface area contributed by atoms with Gasteiger partial charge in [0.25, 0.3) is 0 Å². The third-order valence-electron chi connectivity index (χ3n) is 7.27. The summed E-state index contributed by atoms with van der Waals surface area (Å²) in [5.74, 6) is 1.17. The minimum atomic E-state index is -1.54. The molecule has 0 aliphatic carbocycles. The van der Waals surface area contributed by atoms with Gasteiger partial charge in [-0.1, -0.05) is 54.1 Å². The number of ether oxygens (including phenoxy) is 4. The summed E-state index contributed by atoms with van der Waals surface area (Å²) in [6.07, 6.45) is 0. The van der Waals surface area contributed by atoms with Crippen molar-refractivity contribution in [2.45, 2.75) is 32.2 Å². The Labute approximate surface area is 260 Å². The molecule has 0 aromatic heterocycles. The van der Waals surface area contributed by atoms with Crippen LogP contribution in [-0.4, -0.2) is 41.5 Å². The summed E-state index contributed by atoms with van der Waals surface area (Å²) in [6.45, 7) is 2.29. The number of carboxylic acids is 1. The molecule has 1 unspecified atom stereocenters. The predicted octanol–water partition coefficient (Wildman–Crippen LogP) is 5.73. The van der Waals surface area contributed by atoms with Crippen LogP contribution >= 0.6 is 11.6 Å². The van der Waals surface area contributed by atoms with E-state index in [2.05, 4.69) is 11.4 Å². The summed E-state index contributed by atoms with van der Waals surface area (Å²) >= 11 is 6.84. The molecule has 1 aliphatic heterocycles. The zero-order valence-electron chi connectivity index (χ0n) is 24.0. The molecule has 9 nitrogen and oxygen atoms in total. The van der Waals surface area contributed by atoms with E-state index in [1.54, 1.807) is 36.4 Å². The van der Waals surface area contributed by atoms with Gasteiger partial charge in [0.1, 0.15) is 43.5 Å². The van der Waals surface area contributed by atoms with Crippen LogP contribution < -0.4 is 24.3 Å². The van der Waals surface area contributed by atoms with Crippen molar-refractivity contribution in [3.63, 3.8) is 0 Å². The number of nitrogens with zero attached hydrogens (tertiary/aromatic N) is 1. The van der Waals surface area contributed by atoms with E-state index in [1.807, 2.05) is 42.5 Å². The lowest BCUT2D eigenvalue weighted by Gasteiger charge is -2.24. The number of rotatable bonds is 12. The van der Waals surface area contributed by atoms with Crippen LogP contribution in [0.15, 0.2) is 78.9 Å². The number of nitriles is 1. The van der Waals surface area contributed by atoms with Crippen molar-refractivity contribution in [1.29, 1.82) is 5.26 Å². The van der Waals surface area contributed by atoms with Crippen LogP contribution in [0, 0.1) is 11.3 Å². The molecule has 4 aromatic rings. The number of aliphatic carboxylic acids is 1. The largest absolute Gasteiger partial charge is 0.489 e. The van der Waals surface area contributed by atoms with E-state index in [0.29, 0.717) is 52.4 Å². The normalized spacial score (nSPS) is 13.4. The average molecular weight is 615 g/mol. The van der Waals surface area contributed by atoms with E-state index in [-0.39, 0.29) is 19.8 Å². The molecule has 1 aliphatic rings. The standard InChI is InChI=1S/C34H31ClN2O7/c1-34(21-38,33(39)40)37-18-25-8-10-27(16-30(25)44-19-23-5-2-4-22(14-23)17-36)43-20-26-6-3-7-28(32(26)35)24-9-11-29-31(15-24)42-13-12-41-29/h2-11,14-16,37-38H,12-13,18-21H2,1H3,(H,39,40). The van der Waals surface area contributed by atoms with Crippen molar-refractivity contribution >= 4 is 17.6 Å². The maximum Gasteiger partial charge on any atom is 0.326 e. The first-order chi connectivity index (χ1) is 21.3. The van der Waals surface area contributed by atoms with E-state index in [1.165, 1.54) is 6.92 Å². The Bertz CT molecular complexity index is 1700. The lowest BCUT2D eigenvalue weighted by molar-refractivity contribution is -0.145. The molecule has 0 saturated carbocycles. The highest BCUT2D eigenvalue weighted by Gasteiger charge is 2.32. The number of aliphatic hydroxyl groups is 1. The Morgan fingerprint density at radius 3 is 2.55 bits per heavy atom. The Balaban J connectivity index is 1.35. The molecule has 1 atom stereocenters. The first kappa shape index (κ1) is 30.7. The van der Waals surface area contributed by atoms with Gasteiger partial charge in [-0.2, -0.15) is 5.26 Å². The molecular weight excluding hydrogens is 584 g/mol. The second-order valence-electron chi connectivity index (χ2n) is 10.4. The van der Waals surface area contributed by atoms with Crippen LogP contribution in [0.2, 0.25) is 5.02 Å². The minimum Gasteiger partial charge on any atom is -0.489 e. The molecule has 1 heterocycles. The number of hydrogen-bond acceptors (Lipinski definition) is 8. The van der Waals surface area contributed by atoms with E-state index >= 15 is 0 Å². The van der Waals surface area contributed by atoms with Gasteiger partial charge in [0.05, 0.1) is 23.3 Å². The number of fused-ring (bicyclic) bond motifs is 1. The monoisotopic (exact) mass is 614 g/mol. The lowest BCUT2D eigenvalue weighted by Crippen LogP contribution is -2.52. The fraction of sp³-hybridized carbons (Fsp3) is 0.235. The average Bonchev–Trinajstić information content (AvgIpc) is 3.06. The van der Waals surface area contributed by atoms with Crippen LogP contribution in [0.4, 0.5) is 0 Å². The first-order valence-corrected chi connectivity index (χ1v) is 14.3. The van der Waals surface area contributed by atoms with Gasteiger partial charge in [-0.05, 0) is 48.4 Å². The van der Waals surface area contributed by atoms with Crippen molar-refractivity contribution in [3.8, 4) is 40.2 Å². The van der Waals surface area contributed by atoms with Crippen LogP contribution in [0.5, 0.6) is 23.0 Å². The maximum absolute atomic E-state index is 11.7. The highest BCUT2D eigenvalue weighted by molar-refractivity contribution is 6.34. The fourth-order valence-electron chi connectivity index (χ4n) is 4.57. The summed E-state index contributed by atoms with van der Waals surface area (Å²) in [4.78, 5) is 11.7. The van der Waals surface area contributed by atoms with Crippen LogP contribution in [-0.2, 0) is 24.6 Å². The van der Waals surface area contributed by atoms with Crippen LogP contribution in [0.25, 0.3) is 11.1 Å². The van der Waals surface area contributed by atoms with Crippen LogP contribution in [0.3, 0.4) is 0 Å². The molecule has 0 radical (unpaired) electrons. The molecule has 0 spiro atoms. The van der Waals surface area contributed by atoms with E-state index < -0.39 is 18.1 Å². The number of carboxylic acid groups (broad SMARTS) is 1. The molecule has 0 bridgehead atoms. The second-order valence-corrected chi connectivity index (χ2v) is 10.8. The Kier molecular flexibility index (Phi) is 9.56. The van der Waals surface area contributed by atoms with Crippen LogP contribution in [0.1, 0.15) is 29.2 Å². The van der Waals surface area contributed by atoms with Crippen molar-refractivity contribution < 1.29 is 34.0 Å². The molecule has 10 heteroatoms. The zero-order valence-corrected chi connectivity index (χ0v) is 24.8. The number of hydrogen-bond donors (Lipinski definition) is 3. The molecule has 226 valence electrons. The summed E-state index contributed by atoms with van der Waals surface area (Å²) in [5.41, 5.74) is 2.94. The summed E-state index contributed by atoms with van der Waals surface area (Å²) < 4.78 is 23.6. The molecular formula is C34H31ClN2O7. The number of aliphatic hydroxyl groups excluding tert-OH is 1. The SMILES string of the molecule is CC(CO)(NCc1ccc(OCc2cccc(-c3ccc4c(c3)OCCO4)c2Cl)cc1OCc1cccc(C#N)c1)C(=O)O. The predicted molar refractivity (Wildman–Crippen MR) is 164 cm³/mol. The molecule has 44 heavy (non-hydrogen) atoms. The van der Waals surface area contributed by atoms with Crippen molar-refractivity contribution in [3.05, 3.63) is 106 Å². The van der Waals surface area contributed by atoms with Gasteiger partial charge < -0.3 is 29.2 Å². The quantitative estimate of drug-likeness (QED) is 0.183. The molecule has 0 saturated heterocycles. The summed E-state index contributed by atoms with van der Waals surface area (Å²) in [5, 5.41) is 31.9. The Morgan fingerprint density at radius 1 is 0.977 bits per heavy atom. The van der Waals surface area contributed by atoms with Gasteiger partial charge in [-0.3, -0.25) is 10.1 Å². The van der Waals surface area contributed by atoms with Gasteiger partial charge in [0.15, 0.2) is 11.5 Å². The van der Waals surface area contributed by atoms with Crippen molar-refractivity contribution in [2.75, 3.05) is 19.8 Å². The molecule has 0 fully saturated rings. The smallest absolute Gasteiger partial charge is 0.326 e. The first-order valence-electron chi connectivity index (χ1n) is 13.9. The van der Waals surface area contributed by atoms with Crippen molar-refractivity contribution in [2.24, 2.45) is 0 Å². The third kappa shape index (κ3) is 7.06. The molecule has 3 N–H and O–H groups in total. The number of nitrogens with one attached hydrogen (secondary N) is 1. The number of halogens is 1. The summed E-state index contributed by atoms with van der Waals surface area (Å²) in [7, 11) is 0. The molecule has 0 amide bonds.